The maximum absolute atomic E-state index is 11.9. The lowest BCUT2D eigenvalue weighted by atomic mass is 10.1. The third-order valence-electron chi connectivity index (χ3n) is 3.31. The Labute approximate surface area is 147 Å². The van der Waals surface area contributed by atoms with Crippen LogP contribution in [0.15, 0.2) is 42.5 Å². The summed E-state index contributed by atoms with van der Waals surface area (Å²) in [5.41, 5.74) is 5.88. The molecule has 2 aromatic carbocycles. The molecule has 0 saturated heterocycles. The number of nitrogens with two attached hydrogens (primary N) is 1. The molecule has 0 spiro atoms. The molecule has 0 aliphatic rings. The zero-order valence-electron chi connectivity index (χ0n) is 14.5. The van der Waals surface area contributed by atoms with Crippen LogP contribution < -0.4 is 20.5 Å². The summed E-state index contributed by atoms with van der Waals surface area (Å²) in [6.45, 7) is 5.59. The van der Waals surface area contributed by atoms with Crippen molar-refractivity contribution >= 4 is 11.6 Å². The first kappa shape index (κ1) is 18.3. The molecular weight excluding hydrogens is 318 g/mol. The van der Waals surface area contributed by atoms with Gasteiger partial charge in [0.05, 0.1) is 17.7 Å². The van der Waals surface area contributed by atoms with Crippen molar-refractivity contribution in [3.63, 3.8) is 0 Å². The highest BCUT2D eigenvalue weighted by Gasteiger charge is 2.21. The number of rotatable bonds is 6. The molecule has 130 valence electrons. The number of ether oxygens (including phenoxy) is 2. The highest BCUT2D eigenvalue weighted by atomic mass is 16.5. The Morgan fingerprint density at radius 1 is 1.20 bits per heavy atom. The van der Waals surface area contributed by atoms with Gasteiger partial charge in [-0.2, -0.15) is 5.26 Å². The minimum Gasteiger partial charge on any atom is -0.492 e. The summed E-state index contributed by atoms with van der Waals surface area (Å²) in [5.74, 6) is 1.37. The number of carbonyl (C=O) groups excluding carboxylic acids is 1. The first-order valence-electron chi connectivity index (χ1n) is 7.88. The van der Waals surface area contributed by atoms with Crippen LogP contribution in [-0.4, -0.2) is 18.1 Å². The van der Waals surface area contributed by atoms with Gasteiger partial charge in [-0.25, -0.2) is 0 Å². The lowest BCUT2D eigenvalue weighted by molar-refractivity contribution is -0.120. The SMILES string of the molecule is CCOc1cc(Oc2ccc(NC(=O)C(C)(C)N)cc2)ccc1C#N. The van der Waals surface area contributed by atoms with Crippen LogP contribution in [0.5, 0.6) is 17.2 Å². The number of benzene rings is 2. The Morgan fingerprint density at radius 2 is 1.84 bits per heavy atom. The molecule has 0 atom stereocenters. The van der Waals surface area contributed by atoms with E-state index in [0.717, 1.165) is 0 Å². The van der Waals surface area contributed by atoms with Crippen molar-refractivity contribution in [2.24, 2.45) is 5.73 Å². The zero-order valence-corrected chi connectivity index (χ0v) is 14.5. The minimum absolute atomic E-state index is 0.269. The van der Waals surface area contributed by atoms with Gasteiger partial charge in [0, 0.05) is 11.8 Å². The molecule has 6 heteroatoms. The number of nitriles is 1. The van der Waals surface area contributed by atoms with Crippen molar-refractivity contribution in [2.45, 2.75) is 26.3 Å². The third kappa shape index (κ3) is 4.96. The molecule has 25 heavy (non-hydrogen) atoms. The van der Waals surface area contributed by atoms with Crippen LogP contribution in [0.2, 0.25) is 0 Å². The average molecular weight is 339 g/mol. The van der Waals surface area contributed by atoms with E-state index in [9.17, 15) is 4.79 Å². The zero-order chi connectivity index (χ0) is 18.4. The molecule has 0 heterocycles. The number of hydrogen-bond acceptors (Lipinski definition) is 5. The molecule has 3 N–H and O–H groups in total. The molecule has 0 aliphatic carbocycles. The van der Waals surface area contributed by atoms with E-state index >= 15 is 0 Å². The fourth-order valence-corrected chi connectivity index (χ4v) is 1.97. The van der Waals surface area contributed by atoms with E-state index in [4.69, 9.17) is 20.5 Å². The molecule has 1 amide bonds. The second-order valence-corrected chi connectivity index (χ2v) is 6.01. The Hall–Kier alpha value is -3.04. The summed E-state index contributed by atoms with van der Waals surface area (Å²) in [6, 6.07) is 14.0. The number of nitrogens with zero attached hydrogens (tertiary/aromatic N) is 1. The lowest BCUT2D eigenvalue weighted by Crippen LogP contribution is -2.45. The van der Waals surface area contributed by atoms with Gasteiger partial charge in [0.15, 0.2) is 0 Å². The van der Waals surface area contributed by atoms with Crippen LogP contribution in [0.25, 0.3) is 0 Å². The van der Waals surface area contributed by atoms with E-state index < -0.39 is 5.54 Å². The first-order valence-corrected chi connectivity index (χ1v) is 7.88. The molecule has 0 saturated carbocycles. The quantitative estimate of drug-likeness (QED) is 0.840. The van der Waals surface area contributed by atoms with Gasteiger partial charge in [0.25, 0.3) is 0 Å². The van der Waals surface area contributed by atoms with Crippen molar-refractivity contribution < 1.29 is 14.3 Å². The van der Waals surface area contributed by atoms with E-state index in [1.165, 1.54) is 0 Å². The monoisotopic (exact) mass is 339 g/mol. The summed E-state index contributed by atoms with van der Waals surface area (Å²) >= 11 is 0. The summed E-state index contributed by atoms with van der Waals surface area (Å²) < 4.78 is 11.2. The topological polar surface area (TPSA) is 97.4 Å². The molecule has 0 aromatic heterocycles. The summed E-state index contributed by atoms with van der Waals surface area (Å²) in [7, 11) is 0. The van der Waals surface area contributed by atoms with Crippen LogP contribution in [0.3, 0.4) is 0 Å². The van der Waals surface area contributed by atoms with Gasteiger partial charge in [-0.3, -0.25) is 4.79 Å². The van der Waals surface area contributed by atoms with Gasteiger partial charge in [-0.15, -0.1) is 0 Å². The summed E-state index contributed by atoms with van der Waals surface area (Å²) in [5, 5.41) is 11.8. The lowest BCUT2D eigenvalue weighted by Gasteiger charge is -2.17. The Morgan fingerprint density at radius 3 is 2.40 bits per heavy atom. The Kier molecular flexibility index (Phi) is 5.63. The molecular formula is C19H21N3O3. The van der Waals surface area contributed by atoms with Gasteiger partial charge in [0.1, 0.15) is 23.3 Å². The van der Waals surface area contributed by atoms with Crippen LogP contribution in [-0.2, 0) is 4.79 Å². The smallest absolute Gasteiger partial charge is 0.243 e. The fourth-order valence-electron chi connectivity index (χ4n) is 1.97. The van der Waals surface area contributed by atoms with Crippen molar-refractivity contribution in [1.82, 2.24) is 0 Å². The maximum Gasteiger partial charge on any atom is 0.243 e. The fraction of sp³-hybridized carbons (Fsp3) is 0.263. The molecule has 0 fully saturated rings. The second-order valence-electron chi connectivity index (χ2n) is 6.01. The van der Waals surface area contributed by atoms with E-state index in [2.05, 4.69) is 11.4 Å². The summed E-state index contributed by atoms with van der Waals surface area (Å²) in [6.07, 6.45) is 0. The van der Waals surface area contributed by atoms with E-state index in [0.29, 0.717) is 35.1 Å². The Bertz CT molecular complexity index is 787. The number of hydrogen-bond donors (Lipinski definition) is 2. The maximum atomic E-state index is 11.9. The predicted molar refractivity (Wildman–Crippen MR) is 95.7 cm³/mol. The van der Waals surface area contributed by atoms with Crippen LogP contribution in [0.4, 0.5) is 5.69 Å². The van der Waals surface area contributed by atoms with Gasteiger partial charge >= 0.3 is 0 Å². The predicted octanol–water partition coefficient (Wildman–Crippen LogP) is 3.43. The van der Waals surface area contributed by atoms with E-state index in [-0.39, 0.29) is 5.91 Å². The molecule has 2 rings (SSSR count). The standard InChI is InChI=1S/C19H21N3O3/c1-4-24-17-11-16(8-5-13(17)12-20)25-15-9-6-14(7-10-15)22-18(23)19(2,3)21/h5-11H,4,21H2,1-3H3,(H,22,23). The van der Waals surface area contributed by atoms with Crippen molar-refractivity contribution in [3.05, 3.63) is 48.0 Å². The van der Waals surface area contributed by atoms with Crippen molar-refractivity contribution in [2.75, 3.05) is 11.9 Å². The largest absolute Gasteiger partial charge is 0.492 e. The van der Waals surface area contributed by atoms with Gasteiger partial charge in [-0.05, 0) is 57.2 Å². The van der Waals surface area contributed by atoms with Gasteiger partial charge in [-0.1, -0.05) is 0 Å². The molecule has 0 unspecified atom stereocenters. The van der Waals surface area contributed by atoms with Gasteiger partial charge in [0.2, 0.25) is 5.91 Å². The molecule has 2 aromatic rings. The van der Waals surface area contributed by atoms with Gasteiger partial charge < -0.3 is 20.5 Å². The highest BCUT2D eigenvalue weighted by Crippen LogP contribution is 2.29. The number of amides is 1. The number of carbonyl (C=O) groups is 1. The normalized spacial score (nSPS) is 10.7. The van der Waals surface area contributed by atoms with Crippen molar-refractivity contribution in [3.8, 4) is 23.3 Å². The molecule has 0 bridgehead atoms. The first-order chi connectivity index (χ1) is 11.8. The van der Waals surface area contributed by atoms with Crippen LogP contribution in [0, 0.1) is 11.3 Å². The molecule has 6 nitrogen and oxygen atoms in total. The third-order valence-corrected chi connectivity index (χ3v) is 3.31. The molecule has 0 aliphatic heterocycles. The van der Waals surface area contributed by atoms with E-state index in [1.807, 2.05) is 6.92 Å². The average Bonchev–Trinajstić information content (AvgIpc) is 2.56. The van der Waals surface area contributed by atoms with E-state index in [1.54, 1.807) is 56.3 Å². The highest BCUT2D eigenvalue weighted by molar-refractivity contribution is 5.97. The Balaban J connectivity index is 2.10. The van der Waals surface area contributed by atoms with Crippen molar-refractivity contribution in [1.29, 1.82) is 5.26 Å². The van der Waals surface area contributed by atoms with Crippen LogP contribution in [0.1, 0.15) is 26.3 Å². The second kappa shape index (κ2) is 7.69. The minimum atomic E-state index is -0.951. The number of nitrogens with one attached hydrogen (secondary N) is 1. The number of anilines is 1. The molecule has 0 radical (unpaired) electrons. The van der Waals surface area contributed by atoms with Crippen LogP contribution >= 0.6 is 0 Å². The summed E-state index contributed by atoms with van der Waals surface area (Å²) in [4.78, 5) is 11.9.